The van der Waals surface area contributed by atoms with E-state index < -0.39 is 12.0 Å². The van der Waals surface area contributed by atoms with Gasteiger partial charge in [0.25, 0.3) is 5.91 Å². The summed E-state index contributed by atoms with van der Waals surface area (Å²) in [7, 11) is 1.58. The number of halogens is 1. The number of ether oxygens (including phenoxy) is 1. The van der Waals surface area contributed by atoms with E-state index in [1.165, 1.54) is 4.90 Å². The fourth-order valence-corrected chi connectivity index (χ4v) is 4.21. The molecule has 2 heterocycles. The molecule has 1 fully saturated rings. The van der Waals surface area contributed by atoms with E-state index >= 15 is 0 Å². The molecule has 6 nitrogen and oxygen atoms in total. The van der Waals surface area contributed by atoms with E-state index in [4.69, 9.17) is 16.3 Å². The predicted octanol–water partition coefficient (Wildman–Crippen LogP) is 4.77. The molecule has 158 valence electrons. The Balaban J connectivity index is 1.86. The SMILES string of the molecule is COc1cccnc1-c1ccc(C(=O)N2CCCC2C(=O)O)cc1-c1ccccc1Cl. The second kappa shape index (κ2) is 8.78. The second-order valence-corrected chi connectivity index (χ2v) is 7.70. The van der Waals surface area contributed by atoms with Gasteiger partial charge in [-0.05, 0) is 48.7 Å². The van der Waals surface area contributed by atoms with Gasteiger partial charge in [0.15, 0.2) is 0 Å². The summed E-state index contributed by atoms with van der Waals surface area (Å²) in [6.45, 7) is 0.424. The molecular formula is C24H21ClN2O4. The number of hydrogen-bond acceptors (Lipinski definition) is 4. The van der Waals surface area contributed by atoms with Gasteiger partial charge in [-0.25, -0.2) is 4.79 Å². The van der Waals surface area contributed by atoms with Crippen molar-refractivity contribution in [1.29, 1.82) is 0 Å². The molecule has 0 spiro atoms. The first-order valence-corrected chi connectivity index (χ1v) is 10.3. The molecule has 1 aliphatic rings. The maximum atomic E-state index is 13.2. The highest BCUT2D eigenvalue weighted by Crippen LogP contribution is 2.39. The number of benzene rings is 2. The third kappa shape index (κ3) is 3.99. The lowest BCUT2D eigenvalue weighted by Crippen LogP contribution is -2.40. The molecule has 4 rings (SSSR count). The number of amides is 1. The summed E-state index contributed by atoms with van der Waals surface area (Å²) in [5.74, 6) is -0.690. The quantitative estimate of drug-likeness (QED) is 0.623. The van der Waals surface area contributed by atoms with E-state index in [0.717, 1.165) is 16.7 Å². The fourth-order valence-electron chi connectivity index (χ4n) is 3.98. The molecule has 31 heavy (non-hydrogen) atoms. The van der Waals surface area contributed by atoms with Crippen molar-refractivity contribution in [3.8, 4) is 28.1 Å². The highest BCUT2D eigenvalue weighted by atomic mass is 35.5. The molecule has 1 amide bonds. The van der Waals surface area contributed by atoms with Crippen LogP contribution in [0.3, 0.4) is 0 Å². The molecule has 0 bridgehead atoms. The number of carboxylic acids is 1. The summed E-state index contributed by atoms with van der Waals surface area (Å²) in [6, 6.07) is 15.4. The molecule has 1 saturated heterocycles. The number of likely N-dealkylation sites (tertiary alicyclic amines) is 1. The number of rotatable bonds is 5. The molecule has 0 aliphatic carbocycles. The van der Waals surface area contributed by atoms with Crippen LogP contribution >= 0.6 is 11.6 Å². The summed E-state index contributed by atoms with van der Waals surface area (Å²) >= 11 is 6.49. The number of nitrogens with zero attached hydrogens (tertiary/aromatic N) is 2. The minimum Gasteiger partial charge on any atom is -0.494 e. The molecule has 1 aromatic heterocycles. The molecule has 1 aliphatic heterocycles. The Labute approximate surface area is 185 Å². The number of aromatic nitrogens is 1. The van der Waals surface area contributed by atoms with Gasteiger partial charge in [0.05, 0.1) is 7.11 Å². The van der Waals surface area contributed by atoms with Crippen LogP contribution in [0.25, 0.3) is 22.4 Å². The lowest BCUT2D eigenvalue weighted by atomic mass is 9.94. The van der Waals surface area contributed by atoms with Gasteiger partial charge in [-0.15, -0.1) is 0 Å². The predicted molar refractivity (Wildman–Crippen MR) is 118 cm³/mol. The highest BCUT2D eigenvalue weighted by Gasteiger charge is 2.34. The topological polar surface area (TPSA) is 79.7 Å². The average Bonchev–Trinajstić information content (AvgIpc) is 3.29. The minimum atomic E-state index is -0.980. The second-order valence-electron chi connectivity index (χ2n) is 7.29. The van der Waals surface area contributed by atoms with Gasteiger partial charge in [-0.2, -0.15) is 0 Å². The summed E-state index contributed by atoms with van der Waals surface area (Å²) < 4.78 is 5.48. The Hall–Kier alpha value is -3.38. The van der Waals surface area contributed by atoms with Crippen LogP contribution in [-0.4, -0.2) is 46.6 Å². The third-order valence-corrected chi connectivity index (χ3v) is 5.80. The van der Waals surface area contributed by atoms with Crippen LogP contribution < -0.4 is 4.74 Å². The number of aliphatic carboxylic acids is 1. The third-order valence-electron chi connectivity index (χ3n) is 5.47. The van der Waals surface area contributed by atoms with Crippen molar-refractivity contribution in [3.05, 3.63) is 71.4 Å². The number of carbonyl (C=O) groups excluding carboxylic acids is 1. The van der Waals surface area contributed by atoms with Gasteiger partial charge in [0.1, 0.15) is 17.5 Å². The standard InChI is InChI=1S/C24H21ClN2O4/c1-31-21-9-4-12-26-22(21)17-11-10-15(14-18(17)16-6-2-3-7-19(16)25)23(28)27-13-5-8-20(27)24(29)30/h2-4,6-7,9-12,14,20H,5,8,13H2,1H3,(H,29,30). The molecular weight excluding hydrogens is 416 g/mol. The summed E-state index contributed by atoms with van der Waals surface area (Å²) in [5, 5.41) is 10.0. The first-order chi connectivity index (χ1) is 15.0. The van der Waals surface area contributed by atoms with Crippen molar-refractivity contribution in [2.45, 2.75) is 18.9 Å². The Bertz CT molecular complexity index is 1150. The van der Waals surface area contributed by atoms with E-state index in [2.05, 4.69) is 4.98 Å². The Morgan fingerprint density at radius 3 is 2.65 bits per heavy atom. The average molecular weight is 437 g/mol. The Morgan fingerprint density at radius 2 is 1.90 bits per heavy atom. The number of carbonyl (C=O) groups is 2. The van der Waals surface area contributed by atoms with Crippen LogP contribution in [0.1, 0.15) is 23.2 Å². The van der Waals surface area contributed by atoms with Gasteiger partial charge in [0, 0.05) is 34.5 Å². The van der Waals surface area contributed by atoms with Crippen LogP contribution in [0.15, 0.2) is 60.8 Å². The lowest BCUT2D eigenvalue weighted by Gasteiger charge is -2.22. The maximum absolute atomic E-state index is 13.2. The Kier molecular flexibility index (Phi) is 5.91. The van der Waals surface area contributed by atoms with Gasteiger partial charge in [-0.1, -0.05) is 35.9 Å². The first-order valence-electron chi connectivity index (χ1n) is 9.93. The van der Waals surface area contributed by atoms with Crippen molar-refractivity contribution < 1.29 is 19.4 Å². The number of pyridine rings is 1. The van der Waals surface area contributed by atoms with Crippen molar-refractivity contribution in [1.82, 2.24) is 9.88 Å². The van der Waals surface area contributed by atoms with Crippen molar-refractivity contribution >= 4 is 23.5 Å². The number of hydrogen-bond donors (Lipinski definition) is 1. The van der Waals surface area contributed by atoms with Crippen molar-refractivity contribution in [2.24, 2.45) is 0 Å². The molecule has 1 atom stereocenters. The van der Waals surface area contributed by atoms with Crippen LogP contribution in [0.4, 0.5) is 0 Å². The van der Waals surface area contributed by atoms with Crippen LogP contribution in [-0.2, 0) is 4.79 Å². The molecule has 0 saturated carbocycles. The van der Waals surface area contributed by atoms with Gasteiger partial charge < -0.3 is 14.7 Å². The molecule has 2 aromatic carbocycles. The van der Waals surface area contributed by atoms with Gasteiger partial charge >= 0.3 is 5.97 Å². The lowest BCUT2D eigenvalue weighted by molar-refractivity contribution is -0.141. The zero-order chi connectivity index (χ0) is 22.0. The fraction of sp³-hybridized carbons (Fsp3) is 0.208. The Morgan fingerprint density at radius 1 is 1.10 bits per heavy atom. The van der Waals surface area contributed by atoms with Crippen LogP contribution in [0.2, 0.25) is 5.02 Å². The monoisotopic (exact) mass is 436 g/mol. The molecule has 0 radical (unpaired) electrons. The number of carboxylic acid groups (broad SMARTS) is 1. The zero-order valence-corrected chi connectivity index (χ0v) is 17.7. The largest absolute Gasteiger partial charge is 0.494 e. The molecule has 1 N–H and O–H groups in total. The van der Waals surface area contributed by atoms with Crippen LogP contribution in [0.5, 0.6) is 5.75 Å². The molecule has 1 unspecified atom stereocenters. The maximum Gasteiger partial charge on any atom is 0.326 e. The number of methoxy groups -OCH3 is 1. The highest BCUT2D eigenvalue weighted by molar-refractivity contribution is 6.33. The normalized spacial score (nSPS) is 15.7. The van der Waals surface area contributed by atoms with E-state index in [9.17, 15) is 14.7 Å². The van der Waals surface area contributed by atoms with Crippen LogP contribution in [0, 0.1) is 0 Å². The van der Waals surface area contributed by atoms with Crippen molar-refractivity contribution in [2.75, 3.05) is 13.7 Å². The van der Waals surface area contributed by atoms with Gasteiger partial charge in [-0.3, -0.25) is 9.78 Å². The smallest absolute Gasteiger partial charge is 0.326 e. The summed E-state index contributed by atoms with van der Waals surface area (Å²) in [5.41, 5.74) is 3.26. The molecule has 3 aromatic rings. The van der Waals surface area contributed by atoms with E-state index in [1.54, 1.807) is 37.6 Å². The minimum absolute atomic E-state index is 0.308. The summed E-state index contributed by atoms with van der Waals surface area (Å²) in [6.07, 6.45) is 2.81. The van der Waals surface area contributed by atoms with Crippen molar-refractivity contribution in [3.63, 3.8) is 0 Å². The zero-order valence-electron chi connectivity index (χ0n) is 16.9. The summed E-state index contributed by atoms with van der Waals surface area (Å²) in [4.78, 5) is 30.7. The van der Waals surface area contributed by atoms with E-state index in [-0.39, 0.29) is 5.91 Å². The first kappa shape index (κ1) is 20.9. The van der Waals surface area contributed by atoms with E-state index in [1.807, 2.05) is 30.3 Å². The van der Waals surface area contributed by atoms with Gasteiger partial charge in [0.2, 0.25) is 0 Å². The molecule has 7 heteroatoms. The van der Waals surface area contributed by atoms with E-state index in [0.29, 0.717) is 41.4 Å².